The summed E-state index contributed by atoms with van der Waals surface area (Å²) in [6.07, 6.45) is 6.12. The van der Waals surface area contributed by atoms with Gasteiger partial charge in [-0.05, 0) is 106 Å². The number of anilines is 4. The highest BCUT2D eigenvalue weighted by Crippen LogP contribution is 2.34. The summed E-state index contributed by atoms with van der Waals surface area (Å²) in [6.45, 7) is 7.55. The second-order valence-electron chi connectivity index (χ2n) is 16.1. The molecule has 6 amide bonds. The quantitative estimate of drug-likeness (QED) is 0.217. The highest BCUT2D eigenvalue weighted by molar-refractivity contribution is 6.23. The number of nitrogens with one attached hydrogen (secondary N) is 3. The van der Waals surface area contributed by atoms with E-state index in [0.717, 1.165) is 87.5 Å². The molecular weight excluding hydrogens is 743 g/mol. The number of nitrogens with zero attached hydrogens (tertiary/aromatic N) is 7. The van der Waals surface area contributed by atoms with E-state index in [9.17, 15) is 28.8 Å². The van der Waals surface area contributed by atoms with E-state index in [2.05, 4.69) is 53.1 Å². The number of likely N-dealkylation sites (tertiary alicyclic amines) is 1. The van der Waals surface area contributed by atoms with Crippen molar-refractivity contribution in [2.24, 2.45) is 11.7 Å². The molecule has 3 aromatic rings. The van der Waals surface area contributed by atoms with Gasteiger partial charge in [-0.25, -0.2) is 0 Å². The molecule has 4 saturated heterocycles. The maximum absolute atomic E-state index is 13.3. The van der Waals surface area contributed by atoms with E-state index in [1.807, 2.05) is 23.1 Å². The molecule has 1 unspecified atom stereocenters. The third-order valence-corrected chi connectivity index (χ3v) is 12.2. The number of primary amides is 1. The largest absolute Gasteiger partial charge is 0.371 e. The standard InChI is InChI=1S/C41H49N11O6/c1-24(53)43-29-3-2-16-51(23-29)41-46-37(35(36(42)55)47-48-41)44-28-6-4-26(5-7-28)27-14-17-49(18-15-27)22-25-12-19-50(20-13-25)30-8-9-31-32(21-30)40(58)52(39(31)57)33-10-11-34(54)45-38(33)56/h4-9,21,25,27,29,33H,2-3,10-20,22-23H2,1H3,(H2,42,55)(H,43,53)(H,44,46,48)(H,45,54,56)/t29-,33?/m1/s1. The number of rotatable bonds is 10. The molecule has 17 heteroatoms. The van der Waals surface area contributed by atoms with Crippen molar-refractivity contribution in [2.45, 2.75) is 76.3 Å². The molecule has 5 aliphatic rings. The summed E-state index contributed by atoms with van der Waals surface area (Å²) in [4.78, 5) is 86.8. The third kappa shape index (κ3) is 8.21. The molecule has 4 fully saturated rings. The zero-order valence-corrected chi connectivity index (χ0v) is 32.6. The maximum Gasteiger partial charge on any atom is 0.273 e. The minimum atomic E-state index is -0.974. The fourth-order valence-corrected chi connectivity index (χ4v) is 9.09. The minimum Gasteiger partial charge on any atom is -0.371 e. The number of hydrogen-bond donors (Lipinski definition) is 4. The van der Waals surface area contributed by atoms with Crippen molar-refractivity contribution >= 4 is 58.6 Å². The number of benzene rings is 2. The average molecular weight is 792 g/mol. The predicted molar refractivity (Wildman–Crippen MR) is 214 cm³/mol. The topological polar surface area (TPSA) is 216 Å². The van der Waals surface area contributed by atoms with Gasteiger partial charge in [-0.1, -0.05) is 12.1 Å². The summed E-state index contributed by atoms with van der Waals surface area (Å²) in [5.41, 5.74) is 9.10. The zero-order chi connectivity index (χ0) is 40.5. The van der Waals surface area contributed by atoms with Gasteiger partial charge in [-0.15, -0.1) is 10.2 Å². The van der Waals surface area contributed by atoms with Crippen LogP contribution in [0, 0.1) is 5.92 Å². The minimum absolute atomic E-state index is 0.0165. The molecule has 8 rings (SSSR count). The van der Waals surface area contributed by atoms with Crippen molar-refractivity contribution in [3.63, 3.8) is 0 Å². The summed E-state index contributed by atoms with van der Waals surface area (Å²) >= 11 is 0. The molecular formula is C41H49N11O6. The monoisotopic (exact) mass is 791 g/mol. The van der Waals surface area contributed by atoms with Crippen molar-refractivity contribution in [1.82, 2.24) is 35.6 Å². The van der Waals surface area contributed by atoms with Crippen LogP contribution in [0.25, 0.3) is 0 Å². The summed E-state index contributed by atoms with van der Waals surface area (Å²) in [6, 6.07) is 12.6. The Kier molecular flexibility index (Phi) is 11.0. The first kappa shape index (κ1) is 38.9. The molecule has 1 aromatic heterocycles. The lowest BCUT2D eigenvalue weighted by atomic mass is 9.88. The van der Waals surface area contributed by atoms with E-state index < -0.39 is 35.6 Å². The Labute approximate surface area is 336 Å². The van der Waals surface area contributed by atoms with Gasteiger partial charge >= 0.3 is 0 Å². The van der Waals surface area contributed by atoms with E-state index in [1.54, 1.807) is 12.1 Å². The summed E-state index contributed by atoms with van der Waals surface area (Å²) in [5.74, 6) is -1.17. The molecule has 58 heavy (non-hydrogen) atoms. The Hall–Kier alpha value is -5.97. The number of carbonyl (C=O) groups excluding carboxylic acids is 6. The lowest BCUT2D eigenvalue weighted by molar-refractivity contribution is -0.136. The molecule has 5 aliphatic heterocycles. The Balaban J connectivity index is 0.813. The van der Waals surface area contributed by atoms with Crippen LogP contribution in [0.2, 0.25) is 0 Å². The lowest BCUT2D eigenvalue weighted by Gasteiger charge is -2.38. The van der Waals surface area contributed by atoms with Crippen LogP contribution in [-0.4, -0.2) is 118 Å². The van der Waals surface area contributed by atoms with Gasteiger partial charge in [-0.2, -0.15) is 4.98 Å². The molecule has 17 nitrogen and oxygen atoms in total. The van der Waals surface area contributed by atoms with Gasteiger partial charge in [0.1, 0.15) is 6.04 Å². The van der Waals surface area contributed by atoms with Crippen molar-refractivity contribution in [1.29, 1.82) is 0 Å². The van der Waals surface area contributed by atoms with Crippen LogP contribution in [0.15, 0.2) is 42.5 Å². The molecule has 2 atom stereocenters. The zero-order valence-electron chi connectivity index (χ0n) is 32.6. The van der Waals surface area contributed by atoms with E-state index >= 15 is 0 Å². The van der Waals surface area contributed by atoms with E-state index in [1.165, 1.54) is 12.5 Å². The fourth-order valence-electron chi connectivity index (χ4n) is 9.09. The number of fused-ring (bicyclic) bond motifs is 1. The third-order valence-electron chi connectivity index (χ3n) is 12.2. The van der Waals surface area contributed by atoms with Crippen LogP contribution in [0.4, 0.5) is 23.1 Å². The van der Waals surface area contributed by atoms with E-state index in [-0.39, 0.29) is 36.3 Å². The van der Waals surface area contributed by atoms with Gasteiger partial charge in [0.25, 0.3) is 17.7 Å². The lowest BCUT2D eigenvalue weighted by Crippen LogP contribution is -2.54. The summed E-state index contributed by atoms with van der Waals surface area (Å²) in [7, 11) is 0. The molecule has 6 heterocycles. The Morgan fingerprint density at radius 2 is 1.59 bits per heavy atom. The number of amides is 6. The number of aromatic nitrogens is 3. The second-order valence-corrected chi connectivity index (χ2v) is 16.1. The molecule has 304 valence electrons. The normalized spacial score (nSPS) is 22.2. The molecule has 0 aliphatic carbocycles. The van der Waals surface area contributed by atoms with Gasteiger partial charge in [-0.3, -0.25) is 39.0 Å². The first-order valence-corrected chi connectivity index (χ1v) is 20.3. The highest BCUT2D eigenvalue weighted by Gasteiger charge is 2.45. The van der Waals surface area contributed by atoms with Crippen LogP contribution in [0.1, 0.15) is 101 Å². The SMILES string of the molecule is CC(=O)N[C@@H]1CCCN(c2nnc(C(N)=O)c(Nc3ccc(C4CCN(CC5CCN(c6ccc7c(c6)C(=O)N(C6CCC(=O)NC6=O)C7=O)CC5)CC4)cc3)n2)C1. The number of nitrogens with two attached hydrogens (primary N) is 1. The van der Waals surface area contributed by atoms with Gasteiger partial charge in [0, 0.05) is 63.5 Å². The first-order valence-electron chi connectivity index (χ1n) is 20.3. The molecule has 0 saturated carbocycles. The number of carbonyl (C=O) groups is 6. The molecule has 2 aromatic carbocycles. The predicted octanol–water partition coefficient (Wildman–Crippen LogP) is 2.32. The Morgan fingerprint density at radius 1 is 0.845 bits per heavy atom. The van der Waals surface area contributed by atoms with Gasteiger partial charge in [0.2, 0.25) is 23.7 Å². The molecule has 0 bridgehead atoms. The van der Waals surface area contributed by atoms with Gasteiger partial charge < -0.3 is 31.1 Å². The van der Waals surface area contributed by atoms with Crippen molar-refractivity contribution in [3.8, 4) is 0 Å². The van der Waals surface area contributed by atoms with E-state index in [0.29, 0.717) is 42.0 Å². The van der Waals surface area contributed by atoms with Gasteiger partial charge in [0.05, 0.1) is 11.1 Å². The number of imide groups is 2. The van der Waals surface area contributed by atoms with E-state index in [4.69, 9.17) is 5.73 Å². The Bertz CT molecular complexity index is 2110. The smallest absolute Gasteiger partial charge is 0.273 e. The first-order chi connectivity index (χ1) is 28.0. The summed E-state index contributed by atoms with van der Waals surface area (Å²) < 4.78 is 0. The molecule has 0 spiro atoms. The average Bonchev–Trinajstić information content (AvgIpc) is 3.46. The number of piperidine rings is 4. The van der Waals surface area contributed by atoms with Crippen molar-refractivity contribution in [3.05, 3.63) is 64.8 Å². The Morgan fingerprint density at radius 3 is 2.29 bits per heavy atom. The number of hydrogen-bond acceptors (Lipinski definition) is 13. The fraction of sp³-hybridized carbons (Fsp3) is 0.488. The second kappa shape index (κ2) is 16.5. The van der Waals surface area contributed by atoms with Crippen LogP contribution >= 0.6 is 0 Å². The molecule has 5 N–H and O–H groups in total. The van der Waals surface area contributed by atoms with Crippen molar-refractivity contribution < 1.29 is 28.8 Å². The summed E-state index contributed by atoms with van der Waals surface area (Å²) in [5, 5.41) is 16.7. The van der Waals surface area contributed by atoms with Crippen LogP contribution in [0.5, 0.6) is 0 Å². The van der Waals surface area contributed by atoms with Crippen LogP contribution in [0.3, 0.4) is 0 Å². The van der Waals surface area contributed by atoms with Crippen molar-refractivity contribution in [2.75, 3.05) is 60.9 Å². The molecule has 0 radical (unpaired) electrons. The van der Waals surface area contributed by atoms with Gasteiger partial charge in [0.15, 0.2) is 11.5 Å². The van der Waals surface area contributed by atoms with Crippen LogP contribution in [-0.2, 0) is 14.4 Å². The highest BCUT2D eigenvalue weighted by atomic mass is 16.2. The maximum atomic E-state index is 13.3. The van der Waals surface area contributed by atoms with Crippen LogP contribution < -0.4 is 31.5 Å².